The Kier molecular flexibility index (Phi) is 7.04. The number of rotatable bonds is 2. The molecule has 0 atom stereocenters. The van der Waals surface area contributed by atoms with E-state index in [2.05, 4.69) is 67.1 Å². The van der Waals surface area contributed by atoms with Gasteiger partial charge in [-0.3, -0.25) is 4.98 Å². The number of imidazole rings is 1. The number of pyridine rings is 1. The number of para-hydroxylation sites is 3. The van der Waals surface area contributed by atoms with Crippen LogP contribution in [0.15, 0.2) is 106 Å². The molecule has 0 aliphatic heterocycles. The van der Waals surface area contributed by atoms with Crippen molar-refractivity contribution < 1.29 is 28.9 Å². The van der Waals surface area contributed by atoms with E-state index in [0.717, 1.165) is 55.7 Å². The first kappa shape index (κ1) is 26.7. The number of benzene rings is 4. The molecule has 0 N–H and O–H groups in total. The maximum Gasteiger partial charge on any atom is 0.215 e. The number of hydrogen-bond donors (Lipinski definition) is 0. The molecule has 4 aromatic carbocycles. The quantitative estimate of drug-likeness (QED) is 0.168. The van der Waals surface area contributed by atoms with Crippen molar-refractivity contribution in [2.24, 2.45) is 0 Å². The van der Waals surface area contributed by atoms with Crippen LogP contribution >= 0.6 is 0 Å². The summed E-state index contributed by atoms with van der Waals surface area (Å²) in [5, 5.41) is 2.16. The molecule has 1 radical (unpaired) electrons. The summed E-state index contributed by atoms with van der Waals surface area (Å²) >= 11 is 0. The molecule has 4 heterocycles. The second kappa shape index (κ2) is 10.8. The van der Waals surface area contributed by atoms with Crippen LogP contribution in [-0.2, 0) is 20.1 Å². The van der Waals surface area contributed by atoms with Crippen molar-refractivity contribution in [1.29, 1.82) is 0 Å². The fourth-order valence-corrected chi connectivity index (χ4v) is 4.95. The van der Waals surface area contributed by atoms with Crippen molar-refractivity contribution in [3.05, 3.63) is 126 Å². The molecule has 0 fully saturated rings. The first-order valence-electron chi connectivity index (χ1n) is 13.2. The number of hydrogen-bond acceptors (Lipinski definition) is 4. The van der Waals surface area contributed by atoms with Gasteiger partial charge in [-0.05, 0) is 43.3 Å². The standard InChI is InChI=1S/C21H11N2O2.C14H14N.Ir/c1-3-10-17-13(6-1)14-7-5-8-15(20(14)25-17)21-22-12-19-23(21)16-9-2-4-11-18(16)24-19;1-10-4-6-13(7-5-10)14-8-11(2)12(3)9-15-14;/h1-7,9-12H;4-6,8-9H,1-3H3;/q2*-1;. The fraction of sp³-hybridized carbons (Fsp3) is 0.0857. The Labute approximate surface area is 250 Å². The van der Waals surface area contributed by atoms with E-state index >= 15 is 0 Å². The van der Waals surface area contributed by atoms with Gasteiger partial charge in [0.1, 0.15) is 5.58 Å². The van der Waals surface area contributed by atoms with Gasteiger partial charge < -0.3 is 18.2 Å². The van der Waals surface area contributed by atoms with Crippen LogP contribution in [0.3, 0.4) is 0 Å². The van der Waals surface area contributed by atoms with Crippen LogP contribution in [0.5, 0.6) is 0 Å². The van der Waals surface area contributed by atoms with Gasteiger partial charge in [-0.1, -0.05) is 59.8 Å². The minimum atomic E-state index is 0. The summed E-state index contributed by atoms with van der Waals surface area (Å²) in [7, 11) is 0. The van der Waals surface area contributed by atoms with Crippen LogP contribution in [0.25, 0.3) is 61.4 Å². The summed E-state index contributed by atoms with van der Waals surface area (Å²) in [6, 6.07) is 34.7. The van der Waals surface area contributed by atoms with Gasteiger partial charge in [0.25, 0.3) is 0 Å². The maximum atomic E-state index is 6.13. The third-order valence-electron chi connectivity index (χ3n) is 7.23. The van der Waals surface area contributed by atoms with Gasteiger partial charge in [0, 0.05) is 31.7 Å². The number of fused-ring (bicyclic) bond motifs is 6. The van der Waals surface area contributed by atoms with Crippen molar-refractivity contribution in [2.75, 3.05) is 0 Å². The second-order valence-electron chi connectivity index (χ2n) is 9.95. The van der Waals surface area contributed by atoms with Gasteiger partial charge in [-0.25, -0.2) is 0 Å². The van der Waals surface area contributed by atoms with E-state index < -0.39 is 0 Å². The number of oxazole rings is 1. The van der Waals surface area contributed by atoms with Gasteiger partial charge in [0.05, 0.1) is 23.1 Å². The largest absolute Gasteiger partial charge is 0.501 e. The first-order valence-corrected chi connectivity index (χ1v) is 13.2. The van der Waals surface area contributed by atoms with E-state index in [0.29, 0.717) is 5.71 Å². The summed E-state index contributed by atoms with van der Waals surface area (Å²) in [6.07, 6.45) is 3.66. The molecular weight excluding hydrogens is 687 g/mol. The van der Waals surface area contributed by atoms with E-state index in [-0.39, 0.29) is 20.1 Å². The smallest absolute Gasteiger partial charge is 0.215 e. The maximum absolute atomic E-state index is 6.13. The Bertz CT molecular complexity index is 2150. The van der Waals surface area contributed by atoms with E-state index in [1.165, 1.54) is 16.7 Å². The number of aromatic nitrogens is 3. The van der Waals surface area contributed by atoms with Crippen LogP contribution in [0.2, 0.25) is 0 Å². The zero-order valence-corrected chi connectivity index (χ0v) is 25.1. The van der Waals surface area contributed by atoms with Crippen molar-refractivity contribution in [2.45, 2.75) is 20.8 Å². The van der Waals surface area contributed by atoms with Crippen LogP contribution in [-0.4, -0.2) is 14.4 Å². The third-order valence-corrected chi connectivity index (χ3v) is 7.23. The van der Waals surface area contributed by atoms with Gasteiger partial charge in [0.15, 0.2) is 5.58 Å². The fourth-order valence-electron chi connectivity index (χ4n) is 4.95. The molecule has 0 spiro atoms. The van der Waals surface area contributed by atoms with Crippen LogP contribution in [0.1, 0.15) is 16.7 Å². The van der Waals surface area contributed by atoms with Crippen molar-refractivity contribution >= 4 is 38.8 Å². The minimum Gasteiger partial charge on any atom is -0.501 e. The summed E-state index contributed by atoms with van der Waals surface area (Å²) < 4.78 is 14.0. The van der Waals surface area contributed by atoms with E-state index in [1.807, 2.05) is 71.3 Å². The minimum absolute atomic E-state index is 0. The van der Waals surface area contributed by atoms with Crippen LogP contribution in [0.4, 0.5) is 0 Å². The molecule has 5 nitrogen and oxygen atoms in total. The molecule has 203 valence electrons. The SMILES string of the molecule is Cc1c[c-]c(-c2cc(C)c(C)cn2)cc1.[Ir].[c-]1ccc2c(oc3ccccc32)c1-c1ncc2oc3ccccc3n12. The first-order chi connectivity index (χ1) is 19.6. The molecule has 0 bridgehead atoms. The van der Waals surface area contributed by atoms with Gasteiger partial charge in [-0.2, -0.15) is 0 Å². The predicted molar refractivity (Wildman–Crippen MR) is 159 cm³/mol. The van der Waals surface area contributed by atoms with Gasteiger partial charge in [-0.15, -0.1) is 53.6 Å². The zero-order chi connectivity index (χ0) is 27.2. The van der Waals surface area contributed by atoms with Crippen LogP contribution in [0, 0.1) is 32.9 Å². The monoisotopic (exact) mass is 712 g/mol. The number of nitrogens with zero attached hydrogens (tertiary/aromatic N) is 3. The molecule has 0 aliphatic rings. The van der Waals surface area contributed by atoms with E-state index in [4.69, 9.17) is 8.83 Å². The number of aryl methyl sites for hydroxylation is 3. The molecule has 0 saturated carbocycles. The molecule has 8 rings (SSSR count). The predicted octanol–water partition coefficient (Wildman–Crippen LogP) is 8.92. The Hall–Kier alpha value is -4.51. The second-order valence-corrected chi connectivity index (χ2v) is 9.95. The van der Waals surface area contributed by atoms with Crippen molar-refractivity contribution in [1.82, 2.24) is 14.4 Å². The third kappa shape index (κ3) is 4.76. The molecular formula is C35H25IrN3O2-2. The summed E-state index contributed by atoms with van der Waals surface area (Å²) in [6.45, 7) is 6.24. The molecule has 0 unspecified atom stereocenters. The van der Waals surface area contributed by atoms with E-state index in [1.54, 1.807) is 6.20 Å². The van der Waals surface area contributed by atoms with Gasteiger partial charge >= 0.3 is 0 Å². The molecule has 6 heteroatoms. The van der Waals surface area contributed by atoms with Gasteiger partial charge in [0.2, 0.25) is 5.71 Å². The van der Waals surface area contributed by atoms with Crippen molar-refractivity contribution in [3.8, 4) is 22.6 Å². The molecule has 0 amide bonds. The zero-order valence-electron chi connectivity index (χ0n) is 22.7. The molecule has 41 heavy (non-hydrogen) atoms. The Balaban J connectivity index is 0.000000164. The summed E-state index contributed by atoms with van der Waals surface area (Å²) in [4.78, 5) is 8.98. The Morgan fingerprint density at radius 1 is 0.732 bits per heavy atom. The average molecular weight is 712 g/mol. The summed E-state index contributed by atoms with van der Waals surface area (Å²) in [5.74, 6) is 0.768. The average Bonchev–Trinajstić information content (AvgIpc) is 3.67. The summed E-state index contributed by atoms with van der Waals surface area (Å²) in [5.41, 5.74) is 10.8. The number of furan rings is 1. The van der Waals surface area contributed by atoms with Crippen LogP contribution < -0.4 is 0 Å². The normalized spacial score (nSPS) is 11.1. The molecule has 4 aromatic heterocycles. The molecule has 8 aromatic rings. The molecule has 0 aliphatic carbocycles. The molecule has 0 saturated heterocycles. The Morgan fingerprint density at radius 2 is 1.54 bits per heavy atom. The Morgan fingerprint density at radius 3 is 2.34 bits per heavy atom. The van der Waals surface area contributed by atoms with E-state index in [9.17, 15) is 0 Å². The topological polar surface area (TPSA) is 56.5 Å². The van der Waals surface area contributed by atoms with Crippen molar-refractivity contribution in [3.63, 3.8) is 0 Å².